The molecule has 0 N–H and O–H groups in total. The van der Waals surface area contributed by atoms with Gasteiger partial charge in [-0.05, 0) is 6.92 Å². The molecule has 0 heterocycles. The van der Waals surface area contributed by atoms with Gasteiger partial charge in [-0.1, -0.05) is 0 Å². The Labute approximate surface area is 89.5 Å². The minimum absolute atomic E-state index is 0.0653. The highest BCUT2D eigenvalue weighted by Gasteiger charge is 2.23. The van der Waals surface area contributed by atoms with Gasteiger partial charge < -0.3 is 4.74 Å². The molecule has 15 heavy (non-hydrogen) atoms. The van der Waals surface area contributed by atoms with Gasteiger partial charge in [0.25, 0.3) is 0 Å². The zero-order valence-electron chi connectivity index (χ0n) is 8.93. The van der Waals surface area contributed by atoms with E-state index in [1.54, 1.807) is 6.92 Å². The van der Waals surface area contributed by atoms with Crippen molar-refractivity contribution in [3.8, 4) is 6.07 Å². The number of methoxy groups -OCH3 is 1. The number of carbonyl (C=O) groups excluding carboxylic acids is 1. The second kappa shape index (κ2) is 5.68. The summed E-state index contributed by atoms with van der Waals surface area (Å²) < 4.78 is 28.2. The highest BCUT2D eigenvalue weighted by atomic mass is 32.2. The molecule has 0 saturated heterocycles. The molecule has 6 nitrogen and oxygen atoms in total. The predicted octanol–water partition coefficient (Wildman–Crippen LogP) is -0.419. The third kappa shape index (κ3) is 4.76. The van der Waals surface area contributed by atoms with Crippen LogP contribution in [0.5, 0.6) is 0 Å². The van der Waals surface area contributed by atoms with E-state index in [0.29, 0.717) is 0 Å². The van der Waals surface area contributed by atoms with Crippen LogP contribution in [0.2, 0.25) is 0 Å². The van der Waals surface area contributed by atoms with Gasteiger partial charge in [0.1, 0.15) is 0 Å². The van der Waals surface area contributed by atoms with Gasteiger partial charge in [0.2, 0.25) is 10.0 Å². The molecule has 0 aromatic carbocycles. The highest BCUT2D eigenvalue weighted by Crippen LogP contribution is 2.03. The van der Waals surface area contributed by atoms with Crippen molar-refractivity contribution < 1.29 is 17.9 Å². The predicted molar refractivity (Wildman–Crippen MR) is 53.2 cm³/mol. The molecule has 0 aromatic rings. The summed E-state index contributed by atoms with van der Waals surface area (Å²) in [7, 11) is -1.22. The molecule has 0 amide bonds. The first-order chi connectivity index (χ1) is 6.83. The summed E-state index contributed by atoms with van der Waals surface area (Å²) in [4.78, 5) is 10.8. The Balaban J connectivity index is 4.48. The minimum atomic E-state index is -3.67. The molecule has 0 rings (SSSR count). The van der Waals surface area contributed by atoms with E-state index in [1.165, 1.54) is 7.05 Å². The molecule has 0 aliphatic rings. The van der Waals surface area contributed by atoms with Gasteiger partial charge in [0.15, 0.2) is 5.75 Å². The largest absolute Gasteiger partial charge is 0.468 e. The Morgan fingerprint density at radius 2 is 2.13 bits per heavy atom. The first-order valence-corrected chi connectivity index (χ1v) is 5.85. The normalized spacial score (nSPS) is 13.3. The Morgan fingerprint density at radius 1 is 1.60 bits per heavy atom. The number of hydrogen-bond donors (Lipinski definition) is 0. The van der Waals surface area contributed by atoms with Crippen molar-refractivity contribution in [1.82, 2.24) is 4.31 Å². The molecule has 7 heteroatoms. The lowest BCUT2D eigenvalue weighted by Crippen LogP contribution is -2.35. The zero-order chi connectivity index (χ0) is 12.1. The third-order valence-corrected chi connectivity index (χ3v) is 3.45. The summed E-state index contributed by atoms with van der Waals surface area (Å²) in [5.41, 5.74) is 0. The lowest BCUT2D eigenvalue weighted by Gasteiger charge is -2.17. The van der Waals surface area contributed by atoms with Crippen LogP contribution in [0.25, 0.3) is 0 Å². The van der Waals surface area contributed by atoms with Gasteiger partial charge >= 0.3 is 5.97 Å². The monoisotopic (exact) mass is 234 g/mol. The number of ether oxygens (including phenoxy) is 1. The van der Waals surface area contributed by atoms with Crippen molar-refractivity contribution in [2.24, 2.45) is 5.92 Å². The van der Waals surface area contributed by atoms with Crippen molar-refractivity contribution in [1.29, 1.82) is 5.26 Å². The molecule has 1 unspecified atom stereocenters. The minimum Gasteiger partial charge on any atom is -0.468 e. The van der Waals surface area contributed by atoms with E-state index in [9.17, 15) is 13.2 Å². The number of sulfonamides is 1. The molecule has 0 aliphatic carbocycles. The van der Waals surface area contributed by atoms with Crippen LogP contribution in [0.4, 0.5) is 0 Å². The molecule has 0 aliphatic heterocycles. The van der Waals surface area contributed by atoms with Crippen molar-refractivity contribution in [3.63, 3.8) is 0 Å². The summed E-state index contributed by atoms with van der Waals surface area (Å²) in [6.45, 7) is 1.67. The van der Waals surface area contributed by atoms with Gasteiger partial charge in [0.05, 0.1) is 19.1 Å². The Bertz CT molecular complexity index is 357. The molecular formula is C8H14N2O4S. The quantitative estimate of drug-likeness (QED) is 0.603. The van der Waals surface area contributed by atoms with Crippen LogP contribution in [0, 0.1) is 17.2 Å². The van der Waals surface area contributed by atoms with E-state index < -0.39 is 27.7 Å². The zero-order valence-corrected chi connectivity index (χ0v) is 9.74. The second-order valence-corrected chi connectivity index (χ2v) is 5.22. The lowest BCUT2D eigenvalue weighted by atomic mass is 10.2. The number of nitriles is 1. The summed E-state index contributed by atoms with van der Waals surface area (Å²) in [5, 5.41) is 8.51. The average molecular weight is 234 g/mol. The molecule has 0 radical (unpaired) electrons. The first kappa shape index (κ1) is 13.9. The Kier molecular flexibility index (Phi) is 5.25. The van der Waals surface area contributed by atoms with Crippen LogP contribution in [0.1, 0.15) is 6.92 Å². The molecule has 0 aromatic heterocycles. The van der Waals surface area contributed by atoms with Gasteiger partial charge in [0, 0.05) is 13.6 Å². The van der Waals surface area contributed by atoms with Crippen molar-refractivity contribution in [3.05, 3.63) is 0 Å². The van der Waals surface area contributed by atoms with Gasteiger partial charge in [-0.2, -0.15) is 5.26 Å². The van der Waals surface area contributed by atoms with Gasteiger partial charge in [-0.3, -0.25) is 4.79 Å². The van der Waals surface area contributed by atoms with E-state index >= 15 is 0 Å². The lowest BCUT2D eigenvalue weighted by molar-refractivity contribution is -0.137. The molecular weight excluding hydrogens is 220 g/mol. The van der Waals surface area contributed by atoms with E-state index in [4.69, 9.17) is 5.26 Å². The molecule has 86 valence electrons. The van der Waals surface area contributed by atoms with E-state index in [0.717, 1.165) is 11.4 Å². The topological polar surface area (TPSA) is 87.5 Å². The molecule has 0 spiro atoms. The first-order valence-electron chi connectivity index (χ1n) is 4.24. The summed E-state index contributed by atoms with van der Waals surface area (Å²) in [5.74, 6) is -1.92. The van der Waals surface area contributed by atoms with Gasteiger partial charge in [-0.25, -0.2) is 12.7 Å². The van der Waals surface area contributed by atoms with Gasteiger partial charge in [-0.15, -0.1) is 0 Å². The maximum atomic E-state index is 11.5. The maximum absolute atomic E-state index is 11.5. The summed E-state index contributed by atoms with van der Waals surface area (Å²) in [6, 6.07) is 1.91. The van der Waals surface area contributed by atoms with Crippen molar-refractivity contribution in [2.45, 2.75) is 6.92 Å². The van der Waals surface area contributed by atoms with Crippen LogP contribution in [0.15, 0.2) is 0 Å². The molecule has 0 fully saturated rings. The van der Waals surface area contributed by atoms with E-state index in [2.05, 4.69) is 4.74 Å². The summed E-state index contributed by atoms with van der Waals surface area (Å²) in [6.07, 6.45) is 0. The van der Waals surface area contributed by atoms with Crippen LogP contribution in [-0.4, -0.2) is 45.1 Å². The number of rotatable bonds is 5. The number of hydrogen-bond acceptors (Lipinski definition) is 5. The third-order valence-electron chi connectivity index (χ3n) is 1.75. The van der Waals surface area contributed by atoms with Crippen LogP contribution in [0.3, 0.4) is 0 Å². The highest BCUT2D eigenvalue weighted by molar-refractivity contribution is 7.89. The summed E-state index contributed by atoms with van der Waals surface area (Å²) >= 11 is 0. The Morgan fingerprint density at radius 3 is 2.53 bits per heavy atom. The maximum Gasteiger partial charge on any atom is 0.322 e. The fourth-order valence-corrected chi connectivity index (χ4v) is 1.94. The fraction of sp³-hybridized carbons (Fsp3) is 0.750. The van der Waals surface area contributed by atoms with E-state index in [1.807, 2.05) is 6.07 Å². The number of nitrogens with zero attached hydrogens (tertiary/aromatic N) is 2. The fourth-order valence-electron chi connectivity index (χ4n) is 0.858. The molecule has 1 atom stereocenters. The van der Waals surface area contributed by atoms with Crippen molar-refractivity contribution >= 4 is 16.0 Å². The van der Waals surface area contributed by atoms with E-state index in [-0.39, 0.29) is 6.54 Å². The average Bonchev–Trinajstić information content (AvgIpc) is 2.16. The molecule has 0 saturated carbocycles. The smallest absolute Gasteiger partial charge is 0.322 e. The standard InChI is InChI=1S/C8H14N2O4S/c1-7(4-9)5-10(2)15(12,13)6-8(11)14-3/h7H,5-6H2,1-3H3. The van der Waals surface area contributed by atoms with Crippen LogP contribution in [-0.2, 0) is 19.6 Å². The molecule has 0 bridgehead atoms. The second-order valence-electron chi connectivity index (χ2n) is 3.14. The SMILES string of the molecule is COC(=O)CS(=O)(=O)N(C)CC(C)C#N. The number of esters is 1. The van der Waals surface area contributed by atoms with Crippen LogP contribution < -0.4 is 0 Å². The van der Waals surface area contributed by atoms with Crippen LogP contribution >= 0.6 is 0 Å². The van der Waals surface area contributed by atoms with Crippen molar-refractivity contribution in [2.75, 3.05) is 26.5 Å². The number of carbonyl (C=O) groups is 1. The Hall–Kier alpha value is -1.13.